The van der Waals surface area contributed by atoms with E-state index in [1.807, 2.05) is 6.07 Å². The van der Waals surface area contributed by atoms with E-state index in [0.717, 1.165) is 12.0 Å². The van der Waals surface area contributed by atoms with Crippen LogP contribution in [0.15, 0.2) is 59.5 Å². The number of anilines is 3. The average molecular weight is 417 g/mol. The summed E-state index contributed by atoms with van der Waals surface area (Å²) in [5, 5.41) is 26.1. The number of hydrogen-bond acceptors (Lipinski definition) is 11. The topological polar surface area (TPSA) is 148 Å². The lowest BCUT2D eigenvalue weighted by Crippen LogP contribution is -2.15. The molecule has 29 heavy (non-hydrogen) atoms. The molecule has 0 bridgehead atoms. The third-order valence-corrected chi connectivity index (χ3v) is 3.83. The van der Waals surface area contributed by atoms with E-state index >= 15 is 0 Å². The van der Waals surface area contributed by atoms with Crippen molar-refractivity contribution >= 4 is 35.6 Å². The minimum Gasteiger partial charge on any atom is -0.480 e. The van der Waals surface area contributed by atoms with Gasteiger partial charge in [-0.3, -0.25) is 4.79 Å². The van der Waals surface area contributed by atoms with Crippen LogP contribution < -0.4 is 15.4 Å². The van der Waals surface area contributed by atoms with Crippen LogP contribution in [0.2, 0.25) is 0 Å². The van der Waals surface area contributed by atoms with Gasteiger partial charge in [-0.2, -0.15) is 15.0 Å². The Balaban J connectivity index is 1.79. The van der Waals surface area contributed by atoms with Crippen molar-refractivity contribution in [2.24, 2.45) is 0 Å². The van der Waals surface area contributed by atoms with Crippen LogP contribution in [0, 0.1) is 0 Å². The fourth-order valence-corrected chi connectivity index (χ4v) is 2.42. The number of carboxylic acid groups (broad SMARTS) is 1. The number of benzene rings is 2. The van der Waals surface area contributed by atoms with Gasteiger partial charge in [-0.15, -0.1) is 4.33 Å². The Hall–Kier alpha value is -3.45. The lowest BCUT2D eigenvalue weighted by atomic mass is 10.3. The largest absolute Gasteiger partial charge is 0.480 e. The van der Waals surface area contributed by atoms with Crippen LogP contribution in [-0.4, -0.2) is 37.8 Å². The molecule has 0 unspecified atom stereocenters. The van der Waals surface area contributed by atoms with E-state index in [2.05, 4.69) is 35.0 Å². The van der Waals surface area contributed by atoms with Crippen molar-refractivity contribution in [2.75, 3.05) is 17.2 Å². The van der Waals surface area contributed by atoms with Crippen molar-refractivity contribution in [3.05, 3.63) is 54.6 Å². The van der Waals surface area contributed by atoms with Crippen LogP contribution >= 0.6 is 12.0 Å². The second-order valence-corrected chi connectivity index (χ2v) is 6.08. The quantitative estimate of drug-likeness (QED) is 0.218. The maximum atomic E-state index is 10.8. The highest BCUT2D eigenvalue weighted by Crippen LogP contribution is 2.24. The summed E-state index contributed by atoms with van der Waals surface area (Å²) in [6.45, 7) is -0.368. The molecule has 0 fully saturated rings. The third kappa shape index (κ3) is 6.58. The molecule has 1 heterocycles. The highest BCUT2D eigenvalue weighted by atomic mass is 32.2. The monoisotopic (exact) mass is 417 g/mol. The number of ether oxygens (including phenoxy) is 1. The Morgan fingerprint density at radius 1 is 1.00 bits per heavy atom. The molecule has 0 aliphatic heterocycles. The maximum Gasteiger partial charge on any atom is 0.328 e. The van der Waals surface area contributed by atoms with E-state index in [-0.39, 0.29) is 24.5 Å². The smallest absolute Gasteiger partial charge is 0.328 e. The summed E-state index contributed by atoms with van der Waals surface area (Å²) in [5.74, 6) is -0.361. The van der Waals surface area contributed by atoms with Crippen LogP contribution in [0.3, 0.4) is 0 Å². The fourth-order valence-electron chi connectivity index (χ4n) is 2.06. The molecule has 1 aromatic heterocycles. The van der Waals surface area contributed by atoms with Gasteiger partial charge < -0.3 is 20.5 Å². The number of nitrogens with zero attached hydrogens (tertiary/aromatic N) is 3. The Bertz CT molecular complexity index is 945. The zero-order valence-corrected chi connectivity index (χ0v) is 15.5. The van der Waals surface area contributed by atoms with Crippen molar-refractivity contribution in [3.63, 3.8) is 0 Å². The number of rotatable bonds is 10. The standard InChI is InChI=1S/C17H15N5O6S/c23-14(24)10-18-15-20-16(19-11-6-8-13(9-7-11)29-28-27-25)22-17(21-15)26-12-4-2-1-3-5-12/h1-9,25H,10H2,(H,23,24)(H2,18,19,20,21,22). The van der Waals surface area contributed by atoms with Crippen LogP contribution in [-0.2, 0) is 14.2 Å². The Kier molecular flexibility index (Phi) is 7.13. The number of hydrogen-bond donors (Lipinski definition) is 4. The van der Waals surface area contributed by atoms with Gasteiger partial charge in [0.25, 0.3) is 0 Å². The molecule has 11 nitrogen and oxygen atoms in total. The molecule has 3 aromatic rings. The molecule has 3 rings (SSSR count). The van der Waals surface area contributed by atoms with E-state index in [0.29, 0.717) is 16.3 Å². The predicted octanol–water partition coefficient (Wildman–Crippen LogP) is 3.33. The maximum absolute atomic E-state index is 10.8. The second-order valence-electron chi connectivity index (χ2n) is 5.30. The Labute approximate surface area is 168 Å². The molecule has 12 heteroatoms. The van der Waals surface area contributed by atoms with Crippen molar-refractivity contribution in [1.82, 2.24) is 15.0 Å². The summed E-state index contributed by atoms with van der Waals surface area (Å²) in [5.41, 5.74) is 0.639. The summed E-state index contributed by atoms with van der Waals surface area (Å²) in [4.78, 5) is 23.9. The normalized spacial score (nSPS) is 10.4. The van der Waals surface area contributed by atoms with Crippen molar-refractivity contribution in [1.29, 1.82) is 0 Å². The van der Waals surface area contributed by atoms with E-state index in [4.69, 9.17) is 15.1 Å². The third-order valence-electron chi connectivity index (χ3n) is 3.24. The van der Waals surface area contributed by atoms with Gasteiger partial charge in [0.2, 0.25) is 11.9 Å². The molecular weight excluding hydrogens is 402 g/mol. The van der Waals surface area contributed by atoms with Crippen LogP contribution in [0.4, 0.5) is 17.6 Å². The summed E-state index contributed by atoms with van der Waals surface area (Å²) in [7, 11) is 0. The van der Waals surface area contributed by atoms with Gasteiger partial charge in [-0.1, -0.05) is 23.2 Å². The number of aliphatic carboxylic acids is 1. The van der Waals surface area contributed by atoms with Crippen LogP contribution in [0.25, 0.3) is 0 Å². The first kappa shape index (κ1) is 20.3. The number of carbonyl (C=O) groups is 1. The molecule has 0 aliphatic carbocycles. The minimum atomic E-state index is -1.06. The van der Waals surface area contributed by atoms with E-state index in [1.54, 1.807) is 48.5 Å². The van der Waals surface area contributed by atoms with Gasteiger partial charge >= 0.3 is 12.0 Å². The van der Waals surface area contributed by atoms with Crippen molar-refractivity contribution in [3.8, 4) is 11.8 Å². The lowest BCUT2D eigenvalue weighted by molar-refractivity contribution is -0.432. The van der Waals surface area contributed by atoms with Crippen molar-refractivity contribution < 1.29 is 29.3 Å². The van der Waals surface area contributed by atoms with E-state index < -0.39 is 5.97 Å². The Morgan fingerprint density at radius 3 is 2.41 bits per heavy atom. The number of para-hydroxylation sites is 1. The Morgan fingerprint density at radius 2 is 1.72 bits per heavy atom. The molecule has 0 saturated carbocycles. The molecular formula is C17H15N5O6S. The summed E-state index contributed by atoms with van der Waals surface area (Å²) in [6.07, 6.45) is 0. The molecule has 0 atom stereocenters. The number of aromatic nitrogens is 3. The zero-order chi connectivity index (χ0) is 20.5. The summed E-state index contributed by atoms with van der Waals surface area (Å²) >= 11 is 0.824. The molecule has 150 valence electrons. The first-order chi connectivity index (χ1) is 14.1. The molecule has 0 radical (unpaired) electrons. The highest BCUT2D eigenvalue weighted by Gasteiger charge is 2.10. The fraction of sp³-hybridized carbons (Fsp3) is 0.0588. The lowest BCUT2D eigenvalue weighted by Gasteiger charge is -2.10. The number of carboxylic acids is 1. The van der Waals surface area contributed by atoms with Gasteiger partial charge in [-0.25, -0.2) is 5.26 Å². The van der Waals surface area contributed by atoms with Gasteiger partial charge in [0.15, 0.2) is 0 Å². The van der Waals surface area contributed by atoms with E-state index in [1.165, 1.54) is 0 Å². The molecule has 0 amide bonds. The molecule has 2 aromatic carbocycles. The summed E-state index contributed by atoms with van der Waals surface area (Å²) in [6, 6.07) is 15.7. The van der Waals surface area contributed by atoms with Crippen molar-refractivity contribution in [2.45, 2.75) is 4.90 Å². The minimum absolute atomic E-state index is 0.0118. The SMILES string of the molecule is O=C(O)CNc1nc(Nc2ccc(SOOO)cc2)nc(Oc2ccccc2)n1. The molecule has 0 saturated heterocycles. The van der Waals surface area contributed by atoms with Gasteiger partial charge in [0.05, 0.1) is 12.0 Å². The average Bonchev–Trinajstić information content (AvgIpc) is 2.72. The van der Waals surface area contributed by atoms with Gasteiger partial charge in [-0.05, 0) is 36.4 Å². The van der Waals surface area contributed by atoms with Gasteiger partial charge in [0.1, 0.15) is 12.3 Å². The van der Waals surface area contributed by atoms with Crippen LogP contribution in [0.1, 0.15) is 0 Å². The second kappa shape index (κ2) is 10.2. The molecule has 0 aliphatic rings. The first-order valence-corrected chi connectivity index (χ1v) is 8.83. The predicted molar refractivity (Wildman–Crippen MR) is 103 cm³/mol. The van der Waals surface area contributed by atoms with Crippen LogP contribution in [0.5, 0.6) is 11.8 Å². The first-order valence-electron chi connectivity index (χ1n) is 8.09. The molecule has 4 N–H and O–H groups in total. The summed E-state index contributed by atoms with van der Waals surface area (Å²) < 4.78 is 9.98. The highest BCUT2D eigenvalue weighted by molar-refractivity contribution is 7.94. The van der Waals surface area contributed by atoms with Gasteiger partial charge in [0, 0.05) is 10.6 Å². The zero-order valence-electron chi connectivity index (χ0n) is 14.7. The number of nitrogens with one attached hydrogen (secondary N) is 2. The molecule has 0 spiro atoms. The van der Waals surface area contributed by atoms with E-state index in [9.17, 15) is 4.79 Å².